The fraction of sp³-hybridized carbons (Fsp3) is 0.444. The molecule has 6 nitrogen and oxygen atoms in total. The van der Waals surface area contributed by atoms with E-state index in [0.29, 0.717) is 43.7 Å². The lowest BCUT2D eigenvalue weighted by Crippen LogP contribution is -2.42. The van der Waals surface area contributed by atoms with Crippen molar-refractivity contribution < 1.29 is 22.8 Å². The van der Waals surface area contributed by atoms with Gasteiger partial charge < -0.3 is 15.5 Å². The van der Waals surface area contributed by atoms with Crippen LogP contribution in [0.2, 0.25) is 0 Å². The van der Waals surface area contributed by atoms with Crippen LogP contribution in [-0.2, 0) is 11.0 Å². The number of nitrogens with two attached hydrogens (primary N) is 1. The van der Waals surface area contributed by atoms with Gasteiger partial charge >= 0.3 is 6.18 Å². The third-order valence-corrected chi connectivity index (χ3v) is 7.58. The number of primary amides is 1. The smallest absolute Gasteiger partial charge is 0.370 e. The number of carbonyl (C=O) groups excluding carboxylic acids is 2. The monoisotopic (exact) mass is 498 g/mol. The second kappa shape index (κ2) is 9.84. The number of likely N-dealkylation sites (tertiary alicyclic amines) is 1. The fourth-order valence-corrected chi connectivity index (χ4v) is 5.55. The van der Waals surface area contributed by atoms with Crippen molar-refractivity contribution in [2.75, 3.05) is 31.1 Å². The van der Waals surface area contributed by atoms with Crippen LogP contribution in [0.3, 0.4) is 0 Å². The van der Waals surface area contributed by atoms with Crippen LogP contribution >= 0.6 is 0 Å². The van der Waals surface area contributed by atoms with E-state index in [1.165, 1.54) is 12.1 Å². The van der Waals surface area contributed by atoms with Gasteiger partial charge in [-0.25, -0.2) is 0 Å². The number of amides is 2. The van der Waals surface area contributed by atoms with Crippen LogP contribution in [-0.4, -0.2) is 42.9 Å². The molecule has 2 N–H and O–H groups in total. The summed E-state index contributed by atoms with van der Waals surface area (Å²) in [6.45, 7) is 5.58. The summed E-state index contributed by atoms with van der Waals surface area (Å²) >= 11 is 0. The maximum absolute atomic E-state index is 13.5. The van der Waals surface area contributed by atoms with E-state index in [1.54, 1.807) is 11.0 Å². The Hall–Kier alpha value is -3.54. The molecule has 2 aliphatic heterocycles. The molecule has 36 heavy (non-hydrogen) atoms. The Morgan fingerprint density at radius 1 is 1.06 bits per heavy atom. The van der Waals surface area contributed by atoms with E-state index in [2.05, 4.69) is 0 Å². The lowest BCUT2D eigenvalue weighted by atomic mass is 9.78. The number of aryl methyl sites for hydroxylation is 2. The Balaban J connectivity index is 1.49. The van der Waals surface area contributed by atoms with Crippen molar-refractivity contribution in [1.29, 1.82) is 5.26 Å². The molecule has 0 saturated carbocycles. The Morgan fingerprint density at radius 3 is 2.36 bits per heavy atom. The Labute approximate surface area is 208 Å². The number of piperidine rings is 1. The predicted octanol–water partition coefficient (Wildman–Crippen LogP) is 4.28. The molecular weight excluding hydrogens is 469 g/mol. The van der Waals surface area contributed by atoms with Crippen LogP contribution in [0.15, 0.2) is 36.4 Å². The largest absolute Gasteiger partial charge is 0.417 e. The number of benzene rings is 2. The maximum atomic E-state index is 13.5. The molecule has 0 aromatic heterocycles. The van der Waals surface area contributed by atoms with Crippen LogP contribution in [0, 0.1) is 42.9 Å². The first-order valence-electron chi connectivity index (χ1n) is 12.0. The zero-order valence-corrected chi connectivity index (χ0v) is 20.3. The number of anilines is 1. The number of carbonyl (C=O) groups is 2. The minimum Gasteiger partial charge on any atom is -0.370 e. The number of hydrogen-bond acceptors (Lipinski definition) is 4. The summed E-state index contributed by atoms with van der Waals surface area (Å²) in [5, 5.41) is 9.07. The summed E-state index contributed by atoms with van der Waals surface area (Å²) in [6, 6.07) is 11.0. The van der Waals surface area contributed by atoms with Crippen LogP contribution in [0.4, 0.5) is 18.9 Å². The highest BCUT2D eigenvalue weighted by Crippen LogP contribution is 2.40. The van der Waals surface area contributed by atoms with E-state index >= 15 is 0 Å². The summed E-state index contributed by atoms with van der Waals surface area (Å²) in [5.74, 6) is -0.977. The first-order chi connectivity index (χ1) is 17.0. The molecule has 2 aliphatic rings. The summed E-state index contributed by atoms with van der Waals surface area (Å²) in [6.07, 6.45) is -3.27. The van der Waals surface area contributed by atoms with E-state index in [1.807, 2.05) is 36.9 Å². The second-order valence-corrected chi connectivity index (χ2v) is 9.87. The third-order valence-electron chi connectivity index (χ3n) is 7.58. The van der Waals surface area contributed by atoms with Crippen molar-refractivity contribution in [3.63, 3.8) is 0 Å². The molecule has 4 rings (SSSR count). The van der Waals surface area contributed by atoms with Gasteiger partial charge in [0, 0.05) is 37.4 Å². The van der Waals surface area contributed by atoms with Gasteiger partial charge in [-0.2, -0.15) is 18.4 Å². The van der Waals surface area contributed by atoms with E-state index < -0.39 is 29.1 Å². The van der Waals surface area contributed by atoms with Crippen LogP contribution in [0.5, 0.6) is 0 Å². The number of halogens is 3. The van der Waals surface area contributed by atoms with Gasteiger partial charge in [-0.3, -0.25) is 9.59 Å². The average molecular weight is 499 g/mol. The van der Waals surface area contributed by atoms with E-state index in [0.717, 1.165) is 17.2 Å². The van der Waals surface area contributed by atoms with Gasteiger partial charge in [0.1, 0.15) is 0 Å². The molecule has 0 radical (unpaired) electrons. The van der Waals surface area contributed by atoms with Crippen molar-refractivity contribution in [3.05, 3.63) is 64.2 Å². The number of nitrogens with zero attached hydrogens (tertiary/aromatic N) is 3. The zero-order valence-electron chi connectivity index (χ0n) is 20.3. The van der Waals surface area contributed by atoms with Crippen molar-refractivity contribution >= 4 is 17.5 Å². The van der Waals surface area contributed by atoms with Crippen LogP contribution in [0.1, 0.15) is 45.5 Å². The summed E-state index contributed by atoms with van der Waals surface area (Å²) in [7, 11) is 0. The average Bonchev–Trinajstić information content (AvgIpc) is 3.30. The third kappa shape index (κ3) is 5.03. The van der Waals surface area contributed by atoms with Gasteiger partial charge in [0.25, 0.3) is 5.91 Å². The molecule has 2 fully saturated rings. The number of rotatable bonds is 4. The highest BCUT2D eigenvalue weighted by molar-refractivity contribution is 5.95. The fourth-order valence-electron chi connectivity index (χ4n) is 5.55. The minimum absolute atomic E-state index is 0.00795. The highest BCUT2D eigenvalue weighted by atomic mass is 19.4. The first-order valence-corrected chi connectivity index (χ1v) is 12.0. The highest BCUT2D eigenvalue weighted by Gasteiger charge is 2.43. The molecular formula is C27H29F3N4O2. The summed E-state index contributed by atoms with van der Waals surface area (Å²) in [4.78, 5) is 29.0. The molecule has 2 heterocycles. The van der Waals surface area contributed by atoms with Gasteiger partial charge in [0.05, 0.1) is 23.1 Å². The lowest BCUT2D eigenvalue weighted by molar-refractivity contribution is -0.137. The van der Waals surface area contributed by atoms with Crippen molar-refractivity contribution in [3.8, 4) is 6.07 Å². The molecule has 2 saturated heterocycles. The number of nitriles is 1. The quantitative estimate of drug-likeness (QED) is 0.681. The predicted molar refractivity (Wildman–Crippen MR) is 129 cm³/mol. The van der Waals surface area contributed by atoms with Crippen LogP contribution < -0.4 is 10.6 Å². The van der Waals surface area contributed by atoms with E-state index in [4.69, 9.17) is 11.0 Å². The molecule has 0 bridgehead atoms. The molecule has 0 aliphatic carbocycles. The van der Waals surface area contributed by atoms with Gasteiger partial charge in [-0.1, -0.05) is 17.7 Å². The lowest BCUT2D eigenvalue weighted by Gasteiger charge is -2.36. The maximum Gasteiger partial charge on any atom is 0.417 e. The molecule has 0 unspecified atom stereocenters. The normalized spacial score (nSPS) is 20.9. The molecule has 2 aromatic rings. The topological polar surface area (TPSA) is 90.4 Å². The number of alkyl halides is 3. The number of hydrogen-bond donors (Lipinski definition) is 1. The SMILES string of the molecule is Cc1ccc(C)c(C(=O)N2CCC([C@@H]3CN(c4ccc(C#N)c(C(F)(F)F)c4)C[C@H]3C(N)=O)CC2)c1. The van der Waals surface area contributed by atoms with Gasteiger partial charge in [-0.15, -0.1) is 0 Å². The van der Waals surface area contributed by atoms with Crippen molar-refractivity contribution in [1.82, 2.24) is 4.90 Å². The second-order valence-electron chi connectivity index (χ2n) is 9.87. The molecule has 2 atom stereocenters. The zero-order chi connectivity index (χ0) is 26.2. The minimum atomic E-state index is -4.65. The van der Waals surface area contributed by atoms with E-state index in [9.17, 15) is 22.8 Å². The molecule has 9 heteroatoms. The van der Waals surface area contributed by atoms with Gasteiger partial charge in [0.2, 0.25) is 5.91 Å². The summed E-state index contributed by atoms with van der Waals surface area (Å²) in [5.41, 5.74) is 7.24. The Morgan fingerprint density at radius 2 is 1.75 bits per heavy atom. The molecule has 2 amide bonds. The molecule has 190 valence electrons. The molecule has 2 aromatic carbocycles. The first kappa shape index (κ1) is 25.5. The standard InChI is InChI=1S/C27H29F3N4O2/c1-16-3-4-17(2)21(11-16)26(36)33-9-7-18(8-10-33)22-14-34(15-23(22)25(32)35)20-6-5-19(13-31)24(12-20)27(28,29)30/h3-6,11-12,18,22-23H,7-10,14-15H2,1-2H3,(H2,32,35)/t22-,23+/m0/s1. The Bertz CT molecular complexity index is 1210. The summed E-state index contributed by atoms with van der Waals surface area (Å²) < 4.78 is 40.4. The van der Waals surface area contributed by atoms with Crippen molar-refractivity contribution in [2.24, 2.45) is 23.5 Å². The van der Waals surface area contributed by atoms with Crippen LogP contribution in [0.25, 0.3) is 0 Å². The van der Waals surface area contributed by atoms with Crippen molar-refractivity contribution in [2.45, 2.75) is 32.9 Å². The molecule has 0 spiro atoms. The van der Waals surface area contributed by atoms with E-state index in [-0.39, 0.29) is 24.3 Å². The Kier molecular flexibility index (Phi) is 6.98. The van der Waals surface area contributed by atoms with Gasteiger partial charge in [0.15, 0.2) is 0 Å². The van der Waals surface area contributed by atoms with Gasteiger partial charge in [-0.05, 0) is 68.4 Å².